The molecule has 1 aliphatic carbocycles. The molecule has 0 N–H and O–H groups in total. The average molecular weight is 254 g/mol. The number of benzene rings is 1. The Labute approximate surface area is 111 Å². The zero-order chi connectivity index (χ0) is 12.9. The van der Waals surface area contributed by atoms with Gasteiger partial charge in [-0.1, -0.05) is 18.2 Å². The van der Waals surface area contributed by atoms with Crippen LogP contribution in [0.2, 0.25) is 0 Å². The molecule has 1 heterocycles. The van der Waals surface area contributed by atoms with Crippen molar-refractivity contribution < 1.29 is 9.47 Å². The van der Waals surface area contributed by atoms with Crippen LogP contribution in [0.5, 0.6) is 5.75 Å². The molecular weight excluding hydrogens is 240 g/mol. The van der Waals surface area contributed by atoms with E-state index in [4.69, 9.17) is 9.47 Å². The molecule has 0 fully saturated rings. The van der Waals surface area contributed by atoms with Crippen LogP contribution in [0.3, 0.4) is 0 Å². The molecule has 3 rings (SSSR count). The molecule has 0 unspecified atom stereocenters. The van der Waals surface area contributed by atoms with Crippen LogP contribution < -0.4 is 4.74 Å². The lowest BCUT2D eigenvalue weighted by Crippen LogP contribution is -2.08. The highest BCUT2D eigenvalue weighted by atomic mass is 16.5. The first-order valence-corrected chi connectivity index (χ1v) is 6.35. The second kappa shape index (κ2) is 5.55. The summed E-state index contributed by atoms with van der Waals surface area (Å²) in [4.78, 5) is 8.46. The molecule has 0 saturated carbocycles. The lowest BCUT2D eigenvalue weighted by atomic mass is 10.1. The van der Waals surface area contributed by atoms with E-state index in [1.54, 1.807) is 0 Å². The summed E-state index contributed by atoms with van der Waals surface area (Å²) >= 11 is 0. The highest BCUT2D eigenvalue weighted by Gasteiger charge is 2.10. The molecule has 4 nitrogen and oxygen atoms in total. The third-order valence-electron chi connectivity index (χ3n) is 2.89. The molecule has 1 aromatic rings. The number of para-hydroxylation sites is 2. The SMILES string of the molecule is C1=NC2=CCCC=C2OCCOc2ccccc2N=1. The third kappa shape index (κ3) is 2.75. The molecule has 4 heteroatoms. The minimum atomic E-state index is 0.483. The van der Waals surface area contributed by atoms with Gasteiger partial charge in [0.05, 0.1) is 0 Å². The second-order valence-corrected chi connectivity index (χ2v) is 4.22. The Hall–Kier alpha value is -2.32. The summed E-state index contributed by atoms with van der Waals surface area (Å²) in [6.45, 7) is 0.976. The van der Waals surface area contributed by atoms with Gasteiger partial charge >= 0.3 is 0 Å². The topological polar surface area (TPSA) is 43.2 Å². The van der Waals surface area contributed by atoms with Gasteiger partial charge in [-0.05, 0) is 31.1 Å². The molecule has 0 saturated heterocycles. The van der Waals surface area contributed by atoms with Gasteiger partial charge in [-0.2, -0.15) is 9.98 Å². The van der Waals surface area contributed by atoms with Crippen molar-refractivity contribution >= 4 is 11.7 Å². The van der Waals surface area contributed by atoms with Gasteiger partial charge in [0.25, 0.3) is 0 Å². The van der Waals surface area contributed by atoms with Gasteiger partial charge < -0.3 is 9.47 Å². The molecule has 0 aromatic heterocycles. The molecule has 0 radical (unpaired) electrons. The van der Waals surface area contributed by atoms with Crippen molar-refractivity contribution in [2.75, 3.05) is 13.2 Å². The number of nitrogens with zero attached hydrogens (tertiary/aromatic N) is 2. The summed E-state index contributed by atoms with van der Waals surface area (Å²) in [6.07, 6.45) is 6.04. The van der Waals surface area contributed by atoms with Gasteiger partial charge in [-0.3, -0.25) is 0 Å². The van der Waals surface area contributed by atoms with Gasteiger partial charge in [0.15, 0.2) is 0 Å². The lowest BCUT2D eigenvalue weighted by molar-refractivity contribution is 0.160. The fourth-order valence-electron chi connectivity index (χ4n) is 1.98. The first-order chi connectivity index (χ1) is 9.43. The van der Waals surface area contributed by atoms with E-state index in [1.165, 1.54) is 0 Å². The maximum Gasteiger partial charge on any atom is 0.145 e. The van der Waals surface area contributed by atoms with E-state index in [0.717, 1.165) is 35.7 Å². The van der Waals surface area contributed by atoms with Crippen LogP contribution in [0.25, 0.3) is 0 Å². The van der Waals surface area contributed by atoms with Crippen LogP contribution in [0, 0.1) is 0 Å². The van der Waals surface area contributed by atoms with Gasteiger partial charge in [0.2, 0.25) is 0 Å². The van der Waals surface area contributed by atoms with Crippen LogP contribution in [0.4, 0.5) is 5.69 Å². The number of hydrogen-bond donors (Lipinski definition) is 0. The van der Waals surface area contributed by atoms with E-state index >= 15 is 0 Å². The van der Waals surface area contributed by atoms with Gasteiger partial charge in [-0.15, -0.1) is 0 Å². The molecule has 0 spiro atoms. The predicted molar refractivity (Wildman–Crippen MR) is 72.8 cm³/mol. The molecule has 2 aliphatic rings. The van der Waals surface area contributed by atoms with Gasteiger partial charge in [0, 0.05) is 0 Å². The molecule has 0 amide bonds. The zero-order valence-corrected chi connectivity index (χ0v) is 10.5. The molecule has 0 atom stereocenters. The highest BCUT2D eigenvalue weighted by Crippen LogP contribution is 2.27. The highest BCUT2D eigenvalue weighted by molar-refractivity contribution is 5.60. The minimum absolute atomic E-state index is 0.483. The van der Waals surface area contributed by atoms with Crippen molar-refractivity contribution in [3.8, 4) is 5.75 Å². The number of fused-ring (bicyclic) bond motifs is 2. The van der Waals surface area contributed by atoms with Crippen LogP contribution in [-0.4, -0.2) is 19.2 Å². The third-order valence-corrected chi connectivity index (χ3v) is 2.89. The summed E-state index contributed by atoms with van der Waals surface area (Å²) in [5, 5.41) is 0. The number of aliphatic imine (C=N–C) groups is 2. The zero-order valence-electron chi connectivity index (χ0n) is 10.5. The fraction of sp³-hybridized carbons (Fsp3) is 0.267. The van der Waals surface area contributed by atoms with Crippen molar-refractivity contribution in [3.05, 3.63) is 47.9 Å². The van der Waals surface area contributed by atoms with E-state index in [-0.39, 0.29) is 0 Å². The maximum atomic E-state index is 5.69. The Kier molecular flexibility index (Phi) is 3.43. The maximum absolute atomic E-state index is 5.69. The summed E-state index contributed by atoms with van der Waals surface area (Å²) in [6, 6.07) is 10.3. The van der Waals surface area contributed by atoms with Gasteiger partial charge in [0.1, 0.15) is 42.1 Å². The van der Waals surface area contributed by atoms with E-state index in [0.29, 0.717) is 13.2 Å². The summed E-state index contributed by atoms with van der Waals surface area (Å²) in [5.41, 5.74) is 1.53. The van der Waals surface area contributed by atoms with Crippen molar-refractivity contribution in [2.45, 2.75) is 12.8 Å². The van der Waals surface area contributed by atoms with Crippen molar-refractivity contribution in [3.63, 3.8) is 0 Å². The Balaban J connectivity index is 1.97. The Morgan fingerprint density at radius 2 is 1.79 bits per heavy atom. The largest absolute Gasteiger partial charge is 0.488 e. The average Bonchev–Trinajstić information content (AvgIpc) is 2.49. The summed E-state index contributed by atoms with van der Waals surface area (Å²) < 4.78 is 11.3. The second-order valence-electron chi connectivity index (χ2n) is 4.22. The van der Waals surface area contributed by atoms with Crippen LogP contribution in [0.1, 0.15) is 12.8 Å². The van der Waals surface area contributed by atoms with Gasteiger partial charge in [-0.25, -0.2) is 0 Å². The number of ether oxygens (including phenoxy) is 2. The van der Waals surface area contributed by atoms with Crippen molar-refractivity contribution in [1.29, 1.82) is 0 Å². The van der Waals surface area contributed by atoms with Crippen molar-refractivity contribution in [2.24, 2.45) is 9.98 Å². The first-order valence-electron chi connectivity index (χ1n) is 6.35. The fourth-order valence-corrected chi connectivity index (χ4v) is 1.98. The Bertz CT molecular complexity index is 596. The molecular formula is C15H14N2O2. The van der Waals surface area contributed by atoms with Crippen molar-refractivity contribution in [1.82, 2.24) is 0 Å². The molecule has 1 aliphatic heterocycles. The number of hydrogen-bond acceptors (Lipinski definition) is 4. The summed E-state index contributed by atoms with van der Waals surface area (Å²) in [7, 11) is 0. The van der Waals surface area contributed by atoms with E-state index in [9.17, 15) is 0 Å². The number of allylic oxidation sites excluding steroid dienone is 2. The quantitative estimate of drug-likeness (QED) is 0.711. The van der Waals surface area contributed by atoms with E-state index in [2.05, 4.69) is 16.0 Å². The van der Waals surface area contributed by atoms with Crippen LogP contribution in [-0.2, 0) is 4.74 Å². The van der Waals surface area contributed by atoms with E-state index < -0.39 is 0 Å². The lowest BCUT2D eigenvalue weighted by Gasteiger charge is -2.13. The summed E-state index contributed by atoms with van der Waals surface area (Å²) in [5.74, 6) is 1.52. The molecule has 0 bridgehead atoms. The molecule has 1 aromatic carbocycles. The Morgan fingerprint density at radius 3 is 2.79 bits per heavy atom. The molecule has 96 valence electrons. The predicted octanol–water partition coefficient (Wildman–Crippen LogP) is 3.46. The monoisotopic (exact) mass is 254 g/mol. The smallest absolute Gasteiger partial charge is 0.145 e. The first kappa shape index (κ1) is 11.8. The number of rotatable bonds is 0. The molecule has 19 heavy (non-hydrogen) atoms. The van der Waals surface area contributed by atoms with Crippen LogP contribution in [0.15, 0.2) is 57.9 Å². The standard InChI is InChI=1S/C15H14N2O2/c1-3-7-14-12(5-1)16-11-17-13-6-2-4-8-15(13)19-10-9-18-14/h1,3,5-8H,2,4,9-10H2. The Morgan fingerprint density at radius 1 is 0.947 bits per heavy atom. The van der Waals surface area contributed by atoms with E-state index in [1.807, 2.05) is 36.4 Å². The van der Waals surface area contributed by atoms with Crippen LogP contribution >= 0.6 is 0 Å². The normalized spacial score (nSPS) is 17.9. The minimum Gasteiger partial charge on any atom is -0.488 e.